The van der Waals surface area contributed by atoms with E-state index in [4.69, 9.17) is 5.11 Å². The van der Waals surface area contributed by atoms with Crippen LogP contribution in [0.2, 0.25) is 0 Å². The highest BCUT2D eigenvalue weighted by Gasteiger charge is 2.36. The van der Waals surface area contributed by atoms with Crippen molar-refractivity contribution in [2.24, 2.45) is 5.92 Å². The van der Waals surface area contributed by atoms with Crippen LogP contribution in [0.15, 0.2) is 0 Å². The van der Waals surface area contributed by atoms with Crippen molar-refractivity contribution in [3.8, 4) is 0 Å². The van der Waals surface area contributed by atoms with Crippen molar-refractivity contribution in [3.05, 3.63) is 0 Å². The quantitative estimate of drug-likeness (QED) is 0.830. The SMILES string of the molecule is CCC1CCC(N(C)S(=O)(=O)C(C)C(=O)O)CC1. The topological polar surface area (TPSA) is 74.7 Å². The van der Waals surface area contributed by atoms with Crippen molar-refractivity contribution >= 4 is 16.0 Å². The highest BCUT2D eigenvalue weighted by Crippen LogP contribution is 2.30. The van der Waals surface area contributed by atoms with Crippen LogP contribution in [0.3, 0.4) is 0 Å². The average Bonchev–Trinajstić information content (AvgIpc) is 2.36. The zero-order valence-corrected chi connectivity index (χ0v) is 12.1. The molecule has 18 heavy (non-hydrogen) atoms. The average molecular weight is 277 g/mol. The molecule has 0 aromatic rings. The third-order valence-corrected chi connectivity index (χ3v) is 6.30. The summed E-state index contributed by atoms with van der Waals surface area (Å²) < 4.78 is 25.4. The van der Waals surface area contributed by atoms with Crippen LogP contribution >= 0.6 is 0 Å². The van der Waals surface area contributed by atoms with E-state index in [-0.39, 0.29) is 6.04 Å². The number of rotatable bonds is 5. The lowest BCUT2D eigenvalue weighted by Crippen LogP contribution is -2.45. The lowest BCUT2D eigenvalue weighted by Gasteiger charge is -2.34. The van der Waals surface area contributed by atoms with E-state index in [1.807, 2.05) is 0 Å². The Labute approximate surface area is 109 Å². The van der Waals surface area contributed by atoms with Crippen LogP contribution in [0.25, 0.3) is 0 Å². The molecule has 106 valence electrons. The Kier molecular flexibility index (Phi) is 5.16. The van der Waals surface area contributed by atoms with E-state index in [1.165, 1.54) is 18.3 Å². The van der Waals surface area contributed by atoms with E-state index in [1.54, 1.807) is 0 Å². The molecular formula is C12H23NO4S. The molecule has 0 aliphatic heterocycles. The molecule has 1 aliphatic carbocycles. The molecule has 0 amide bonds. The van der Waals surface area contributed by atoms with Crippen LogP contribution in [-0.2, 0) is 14.8 Å². The van der Waals surface area contributed by atoms with Gasteiger partial charge in [0.05, 0.1) is 0 Å². The van der Waals surface area contributed by atoms with Gasteiger partial charge in [0.2, 0.25) is 10.0 Å². The fourth-order valence-electron chi connectivity index (χ4n) is 2.50. The van der Waals surface area contributed by atoms with E-state index in [9.17, 15) is 13.2 Å². The first kappa shape index (κ1) is 15.4. The fourth-order valence-corrected chi connectivity index (χ4v) is 3.88. The third-order valence-electron chi connectivity index (χ3n) is 4.10. The summed E-state index contributed by atoms with van der Waals surface area (Å²) in [6.45, 7) is 3.38. The van der Waals surface area contributed by atoms with Gasteiger partial charge in [-0.3, -0.25) is 4.79 Å². The second-order valence-corrected chi connectivity index (χ2v) is 7.44. The fraction of sp³-hybridized carbons (Fsp3) is 0.917. The van der Waals surface area contributed by atoms with Gasteiger partial charge >= 0.3 is 5.97 Å². The molecule has 0 heterocycles. The Morgan fingerprint density at radius 1 is 1.33 bits per heavy atom. The molecule has 1 aliphatic rings. The van der Waals surface area contributed by atoms with Crippen molar-refractivity contribution in [2.45, 2.75) is 57.2 Å². The molecule has 0 bridgehead atoms. The largest absolute Gasteiger partial charge is 0.480 e. The van der Waals surface area contributed by atoms with Crippen LogP contribution < -0.4 is 0 Å². The smallest absolute Gasteiger partial charge is 0.323 e. The summed E-state index contributed by atoms with van der Waals surface area (Å²) in [6.07, 6.45) is 4.86. The van der Waals surface area contributed by atoms with E-state index >= 15 is 0 Å². The van der Waals surface area contributed by atoms with Gasteiger partial charge in [-0.2, -0.15) is 0 Å². The second kappa shape index (κ2) is 6.02. The zero-order valence-electron chi connectivity index (χ0n) is 11.3. The van der Waals surface area contributed by atoms with E-state index in [0.717, 1.165) is 32.1 Å². The summed E-state index contributed by atoms with van der Waals surface area (Å²) in [5.74, 6) is -0.599. The molecule has 0 spiro atoms. The number of carboxylic acid groups (broad SMARTS) is 1. The third kappa shape index (κ3) is 3.23. The van der Waals surface area contributed by atoms with Gasteiger partial charge in [0.25, 0.3) is 0 Å². The maximum atomic E-state index is 12.1. The molecule has 1 atom stereocenters. The highest BCUT2D eigenvalue weighted by molar-refractivity contribution is 7.90. The molecule has 0 saturated heterocycles. The van der Waals surface area contributed by atoms with Crippen LogP contribution in [-0.4, -0.2) is 42.1 Å². The summed E-state index contributed by atoms with van der Waals surface area (Å²) in [7, 11) is -2.22. The summed E-state index contributed by atoms with van der Waals surface area (Å²) in [6, 6.07) is -0.0420. The maximum absolute atomic E-state index is 12.1. The van der Waals surface area contributed by atoms with Gasteiger partial charge in [-0.1, -0.05) is 13.3 Å². The standard InChI is InChI=1S/C12H23NO4S/c1-4-10-5-7-11(8-6-10)13(3)18(16,17)9(2)12(14)15/h9-11H,4-8H2,1-3H3,(H,14,15). The Morgan fingerprint density at radius 3 is 2.22 bits per heavy atom. The molecular weight excluding hydrogens is 254 g/mol. The number of hydrogen-bond donors (Lipinski definition) is 1. The summed E-state index contributed by atoms with van der Waals surface area (Å²) in [5, 5.41) is 7.47. The number of aliphatic carboxylic acids is 1. The highest BCUT2D eigenvalue weighted by atomic mass is 32.2. The monoisotopic (exact) mass is 277 g/mol. The Bertz CT molecular complexity index is 385. The Balaban J connectivity index is 2.70. The summed E-state index contributed by atoms with van der Waals surface area (Å²) >= 11 is 0. The number of nitrogens with zero attached hydrogens (tertiary/aromatic N) is 1. The zero-order chi connectivity index (χ0) is 13.9. The minimum atomic E-state index is -3.73. The molecule has 1 saturated carbocycles. The van der Waals surface area contributed by atoms with E-state index < -0.39 is 21.2 Å². The first-order valence-corrected chi connectivity index (χ1v) is 8.00. The van der Waals surface area contributed by atoms with Gasteiger partial charge in [0, 0.05) is 13.1 Å². The Hall–Kier alpha value is -0.620. The molecule has 1 N–H and O–H groups in total. The van der Waals surface area contributed by atoms with Crippen molar-refractivity contribution < 1.29 is 18.3 Å². The molecule has 1 fully saturated rings. The minimum absolute atomic E-state index is 0.0420. The first-order chi connectivity index (χ1) is 8.30. The normalized spacial score (nSPS) is 27.1. The minimum Gasteiger partial charge on any atom is -0.480 e. The van der Waals surface area contributed by atoms with Crippen LogP contribution in [0, 0.1) is 5.92 Å². The second-order valence-electron chi connectivity index (χ2n) is 5.12. The Morgan fingerprint density at radius 2 is 1.83 bits per heavy atom. The molecule has 1 unspecified atom stereocenters. The number of carboxylic acids is 1. The van der Waals surface area contributed by atoms with Gasteiger partial charge < -0.3 is 5.11 Å². The summed E-state index contributed by atoms with van der Waals surface area (Å²) in [4.78, 5) is 10.8. The van der Waals surface area contributed by atoms with Crippen molar-refractivity contribution in [1.29, 1.82) is 0 Å². The lowest BCUT2D eigenvalue weighted by atomic mass is 9.85. The van der Waals surface area contributed by atoms with E-state index in [0.29, 0.717) is 5.92 Å². The molecule has 5 nitrogen and oxygen atoms in total. The van der Waals surface area contributed by atoms with Crippen LogP contribution in [0.1, 0.15) is 46.0 Å². The predicted octanol–water partition coefficient (Wildman–Crippen LogP) is 1.69. The number of carbonyl (C=O) groups is 1. The van der Waals surface area contributed by atoms with Crippen molar-refractivity contribution in [2.75, 3.05) is 7.05 Å². The predicted molar refractivity (Wildman–Crippen MR) is 69.8 cm³/mol. The van der Waals surface area contributed by atoms with Crippen molar-refractivity contribution in [1.82, 2.24) is 4.31 Å². The molecule has 1 rings (SSSR count). The molecule has 0 aromatic heterocycles. The molecule has 6 heteroatoms. The number of sulfonamides is 1. The lowest BCUT2D eigenvalue weighted by molar-refractivity contribution is -0.136. The maximum Gasteiger partial charge on any atom is 0.323 e. The first-order valence-electron chi connectivity index (χ1n) is 6.50. The molecule has 0 radical (unpaired) electrons. The van der Waals surface area contributed by atoms with Gasteiger partial charge in [-0.05, 0) is 38.5 Å². The van der Waals surface area contributed by atoms with Crippen LogP contribution in [0.5, 0.6) is 0 Å². The van der Waals surface area contributed by atoms with E-state index in [2.05, 4.69) is 6.92 Å². The van der Waals surface area contributed by atoms with Crippen molar-refractivity contribution in [3.63, 3.8) is 0 Å². The van der Waals surface area contributed by atoms with Gasteiger partial charge in [-0.25, -0.2) is 12.7 Å². The number of hydrogen-bond acceptors (Lipinski definition) is 3. The van der Waals surface area contributed by atoms with Gasteiger partial charge in [0.15, 0.2) is 5.25 Å². The summed E-state index contributed by atoms with van der Waals surface area (Å²) in [5.41, 5.74) is 0. The van der Waals surface area contributed by atoms with Crippen LogP contribution in [0.4, 0.5) is 0 Å². The van der Waals surface area contributed by atoms with Gasteiger partial charge in [0.1, 0.15) is 0 Å². The molecule has 0 aromatic carbocycles. The van der Waals surface area contributed by atoms with Gasteiger partial charge in [-0.15, -0.1) is 0 Å².